The Kier molecular flexibility index (Phi) is 3.17. The highest BCUT2D eigenvalue weighted by Crippen LogP contribution is 2.32. The minimum Gasteiger partial charge on any atom is -0.496 e. The summed E-state index contributed by atoms with van der Waals surface area (Å²) in [6, 6.07) is 6.18. The Morgan fingerprint density at radius 2 is 2.00 bits per heavy atom. The van der Waals surface area contributed by atoms with Crippen molar-refractivity contribution < 1.29 is 4.74 Å². The minimum atomic E-state index is -0.0304. The lowest BCUT2D eigenvalue weighted by molar-refractivity contribution is 0.391. The molecule has 1 rings (SSSR count). The van der Waals surface area contributed by atoms with Crippen LogP contribution in [-0.4, -0.2) is 13.7 Å². The zero-order valence-electron chi connectivity index (χ0n) is 9.42. The van der Waals surface area contributed by atoms with Gasteiger partial charge in [0.25, 0.3) is 0 Å². The van der Waals surface area contributed by atoms with Gasteiger partial charge in [-0.3, -0.25) is 0 Å². The Labute approximate surface area is 86.1 Å². The van der Waals surface area contributed by atoms with Gasteiger partial charge in [0.05, 0.1) is 7.11 Å². The maximum atomic E-state index is 5.76. The average molecular weight is 193 g/mol. The largest absolute Gasteiger partial charge is 0.496 e. The van der Waals surface area contributed by atoms with Crippen molar-refractivity contribution in [2.75, 3.05) is 13.7 Å². The Hall–Kier alpha value is -1.02. The summed E-state index contributed by atoms with van der Waals surface area (Å²) in [4.78, 5) is 0. The van der Waals surface area contributed by atoms with Gasteiger partial charge in [-0.25, -0.2) is 0 Å². The van der Waals surface area contributed by atoms with Crippen LogP contribution in [-0.2, 0) is 5.41 Å². The summed E-state index contributed by atoms with van der Waals surface area (Å²) in [6.07, 6.45) is 0. The number of hydrogen-bond donors (Lipinski definition) is 1. The van der Waals surface area contributed by atoms with Crippen LogP contribution in [0.15, 0.2) is 18.2 Å². The first-order valence-corrected chi connectivity index (χ1v) is 4.87. The third kappa shape index (κ3) is 1.90. The smallest absolute Gasteiger partial charge is 0.125 e. The maximum Gasteiger partial charge on any atom is 0.125 e. The summed E-state index contributed by atoms with van der Waals surface area (Å²) >= 11 is 0. The van der Waals surface area contributed by atoms with Crippen molar-refractivity contribution in [1.82, 2.24) is 0 Å². The second-order valence-corrected chi connectivity index (χ2v) is 4.24. The molecule has 0 heterocycles. The first-order chi connectivity index (χ1) is 6.53. The molecule has 0 amide bonds. The van der Waals surface area contributed by atoms with Crippen molar-refractivity contribution in [1.29, 1.82) is 0 Å². The lowest BCUT2D eigenvalue weighted by Gasteiger charge is -2.26. The van der Waals surface area contributed by atoms with E-state index in [1.54, 1.807) is 7.11 Å². The summed E-state index contributed by atoms with van der Waals surface area (Å²) in [5.41, 5.74) is 8.07. The highest BCUT2D eigenvalue weighted by Gasteiger charge is 2.23. The molecule has 1 aromatic rings. The van der Waals surface area contributed by atoms with E-state index >= 15 is 0 Å². The standard InChI is InChI=1S/C12H19NO/c1-9-6-5-7-10(11(9)14-4)12(2,3)8-13/h5-7H,8,13H2,1-4H3. The lowest BCUT2D eigenvalue weighted by Crippen LogP contribution is -2.28. The lowest BCUT2D eigenvalue weighted by atomic mass is 9.83. The molecular formula is C12H19NO. The van der Waals surface area contributed by atoms with E-state index in [1.165, 1.54) is 5.56 Å². The first-order valence-electron chi connectivity index (χ1n) is 4.87. The van der Waals surface area contributed by atoms with Crippen molar-refractivity contribution >= 4 is 0 Å². The van der Waals surface area contributed by atoms with Gasteiger partial charge >= 0.3 is 0 Å². The van der Waals surface area contributed by atoms with Gasteiger partial charge in [0, 0.05) is 17.5 Å². The zero-order chi connectivity index (χ0) is 10.8. The topological polar surface area (TPSA) is 35.2 Å². The molecular weight excluding hydrogens is 174 g/mol. The molecule has 0 saturated heterocycles. The molecule has 2 N–H and O–H groups in total. The summed E-state index contributed by atoms with van der Waals surface area (Å²) in [6.45, 7) is 6.93. The van der Waals surface area contributed by atoms with Gasteiger partial charge in [0.15, 0.2) is 0 Å². The third-order valence-corrected chi connectivity index (χ3v) is 2.66. The summed E-state index contributed by atoms with van der Waals surface area (Å²) in [7, 11) is 1.71. The number of rotatable bonds is 3. The first kappa shape index (κ1) is 11.1. The van der Waals surface area contributed by atoms with E-state index < -0.39 is 0 Å². The van der Waals surface area contributed by atoms with Gasteiger partial charge in [-0.15, -0.1) is 0 Å². The van der Waals surface area contributed by atoms with Crippen LogP contribution in [0.3, 0.4) is 0 Å². The van der Waals surface area contributed by atoms with Gasteiger partial charge in [-0.05, 0) is 12.5 Å². The van der Waals surface area contributed by atoms with Crippen LogP contribution < -0.4 is 10.5 Å². The molecule has 0 unspecified atom stereocenters. The number of ether oxygens (including phenoxy) is 1. The number of hydrogen-bond acceptors (Lipinski definition) is 2. The fraction of sp³-hybridized carbons (Fsp3) is 0.500. The molecule has 0 bridgehead atoms. The van der Waals surface area contributed by atoms with Crippen molar-refractivity contribution in [2.45, 2.75) is 26.2 Å². The number of para-hydroxylation sites is 1. The van der Waals surface area contributed by atoms with Crippen LogP contribution >= 0.6 is 0 Å². The predicted molar refractivity (Wildman–Crippen MR) is 59.8 cm³/mol. The van der Waals surface area contributed by atoms with Crippen LogP contribution in [0.2, 0.25) is 0 Å². The Balaban J connectivity index is 3.27. The number of methoxy groups -OCH3 is 1. The summed E-state index contributed by atoms with van der Waals surface area (Å²) in [5, 5.41) is 0. The minimum absolute atomic E-state index is 0.0304. The van der Waals surface area contributed by atoms with E-state index in [0.717, 1.165) is 11.3 Å². The van der Waals surface area contributed by atoms with E-state index in [1.807, 2.05) is 6.07 Å². The molecule has 0 saturated carbocycles. The van der Waals surface area contributed by atoms with E-state index in [-0.39, 0.29) is 5.41 Å². The average Bonchev–Trinajstić information content (AvgIpc) is 2.17. The Morgan fingerprint density at radius 3 is 2.50 bits per heavy atom. The Morgan fingerprint density at radius 1 is 1.36 bits per heavy atom. The SMILES string of the molecule is COc1c(C)cccc1C(C)(C)CN. The summed E-state index contributed by atoms with van der Waals surface area (Å²) < 4.78 is 5.41. The quantitative estimate of drug-likeness (QED) is 0.799. The molecule has 0 aliphatic carbocycles. The van der Waals surface area contributed by atoms with Crippen molar-refractivity contribution in [3.05, 3.63) is 29.3 Å². The molecule has 1 aromatic carbocycles. The molecule has 14 heavy (non-hydrogen) atoms. The third-order valence-electron chi connectivity index (χ3n) is 2.66. The van der Waals surface area contributed by atoms with Crippen molar-refractivity contribution in [3.63, 3.8) is 0 Å². The van der Waals surface area contributed by atoms with Crippen molar-refractivity contribution in [2.24, 2.45) is 5.73 Å². The van der Waals surface area contributed by atoms with Crippen molar-refractivity contribution in [3.8, 4) is 5.75 Å². The van der Waals surface area contributed by atoms with Gasteiger partial charge in [0.2, 0.25) is 0 Å². The number of aryl methyl sites for hydroxylation is 1. The van der Waals surface area contributed by atoms with E-state index in [4.69, 9.17) is 10.5 Å². The number of benzene rings is 1. The van der Waals surface area contributed by atoms with Gasteiger partial charge < -0.3 is 10.5 Å². The molecule has 0 aliphatic rings. The monoisotopic (exact) mass is 193 g/mol. The van der Waals surface area contributed by atoms with Crippen LogP contribution in [0.5, 0.6) is 5.75 Å². The van der Waals surface area contributed by atoms with E-state index in [0.29, 0.717) is 6.54 Å². The van der Waals surface area contributed by atoms with Crippen LogP contribution in [0.4, 0.5) is 0 Å². The molecule has 2 nitrogen and oxygen atoms in total. The molecule has 0 aliphatic heterocycles. The molecule has 0 atom stereocenters. The van der Waals surface area contributed by atoms with E-state index in [9.17, 15) is 0 Å². The van der Waals surface area contributed by atoms with Crippen LogP contribution in [0, 0.1) is 6.92 Å². The highest BCUT2D eigenvalue weighted by molar-refractivity contribution is 5.44. The second-order valence-electron chi connectivity index (χ2n) is 4.24. The highest BCUT2D eigenvalue weighted by atomic mass is 16.5. The molecule has 0 radical (unpaired) electrons. The molecule has 2 heteroatoms. The Bertz CT molecular complexity index is 318. The molecule has 0 fully saturated rings. The summed E-state index contributed by atoms with van der Waals surface area (Å²) in [5.74, 6) is 0.961. The maximum absolute atomic E-state index is 5.76. The van der Waals surface area contributed by atoms with Crippen LogP contribution in [0.25, 0.3) is 0 Å². The second kappa shape index (κ2) is 4.01. The fourth-order valence-electron chi connectivity index (χ4n) is 1.57. The molecule has 0 spiro atoms. The van der Waals surface area contributed by atoms with Gasteiger partial charge in [0.1, 0.15) is 5.75 Å². The zero-order valence-corrected chi connectivity index (χ0v) is 9.42. The fourth-order valence-corrected chi connectivity index (χ4v) is 1.57. The van der Waals surface area contributed by atoms with Crippen LogP contribution in [0.1, 0.15) is 25.0 Å². The van der Waals surface area contributed by atoms with Gasteiger partial charge in [-0.2, -0.15) is 0 Å². The number of nitrogens with two attached hydrogens (primary N) is 1. The molecule has 0 aromatic heterocycles. The van der Waals surface area contributed by atoms with E-state index in [2.05, 4.69) is 32.9 Å². The normalized spacial score (nSPS) is 11.5. The molecule has 78 valence electrons. The predicted octanol–water partition coefficient (Wildman–Crippen LogP) is 2.24. The van der Waals surface area contributed by atoms with Gasteiger partial charge in [-0.1, -0.05) is 32.0 Å².